The van der Waals surface area contributed by atoms with Crippen molar-refractivity contribution in [2.75, 3.05) is 13.7 Å². The van der Waals surface area contributed by atoms with Gasteiger partial charge in [-0.1, -0.05) is 24.3 Å². The lowest BCUT2D eigenvalue weighted by Crippen LogP contribution is -2.04. The van der Waals surface area contributed by atoms with Crippen molar-refractivity contribution in [3.63, 3.8) is 0 Å². The molecule has 0 bridgehead atoms. The number of aliphatic hydroxyl groups excluding tert-OH is 1. The average molecular weight is 288 g/mol. The number of carbonyl (C=O) groups excluding carboxylic acids is 1. The predicted molar refractivity (Wildman–Crippen MR) is 78.2 cm³/mol. The Morgan fingerprint density at radius 1 is 1.14 bits per heavy atom. The van der Waals surface area contributed by atoms with E-state index in [0.717, 1.165) is 11.1 Å². The van der Waals surface area contributed by atoms with Crippen molar-refractivity contribution in [2.24, 2.45) is 0 Å². The van der Waals surface area contributed by atoms with Crippen molar-refractivity contribution in [1.82, 2.24) is 0 Å². The number of rotatable bonds is 6. The Hall–Kier alpha value is -2.20. The molecule has 0 aliphatic heterocycles. The largest absolute Gasteiger partial charge is 0.496 e. The standard InChI is InChI=1S/C17H17FO3/c1-21-17-9-8-15(18)10-14(17)7-4-12-2-5-13(6-3-12)16(20)11-19/h2-3,5-6,8-10,19H,4,7,11H2,1H3. The molecule has 1 N–H and O–H groups in total. The third-order valence-electron chi connectivity index (χ3n) is 3.34. The van der Waals surface area contributed by atoms with Crippen LogP contribution in [0.25, 0.3) is 0 Å². The zero-order chi connectivity index (χ0) is 15.2. The van der Waals surface area contributed by atoms with E-state index in [-0.39, 0.29) is 11.6 Å². The summed E-state index contributed by atoms with van der Waals surface area (Å²) >= 11 is 0. The summed E-state index contributed by atoms with van der Waals surface area (Å²) < 4.78 is 18.5. The van der Waals surface area contributed by atoms with E-state index in [9.17, 15) is 9.18 Å². The number of halogens is 1. The summed E-state index contributed by atoms with van der Waals surface area (Å²) in [4.78, 5) is 11.3. The van der Waals surface area contributed by atoms with Gasteiger partial charge in [0, 0.05) is 5.56 Å². The third-order valence-corrected chi connectivity index (χ3v) is 3.34. The molecule has 4 heteroatoms. The number of ketones is 1. The molecule has 2 rings (SSSR count). The SMILES string of the molecule is COc1ccc(F)cc1CCc1ccc(C(=O)CO)cc1. The number of carbonyl (C=O) groups is 1. The highest BCUT2D eigenvalue weighted by Crippen LogP contribution is 2.21. The molecule has 0 heterocycles. The zero-order valence-electron chi connectivity index (χ0n) is 11.8. The first kappa shape index (κ1) is 15.2. The van der Waals surface area contributed by atoms with Crippen LogP contribution in [0.2, 0.25) is 0 Å². The molecule has 2 aromatic rings. The Kier molecular flexibility index (Phi) is 5.06. The number of ether oxygens (including phenoxy) is 1. The quantitative estimate of drug-likeness (QED) is 0.831. The molecular weight excluding hydrogens is 271 g/mol. The monoisotopic (exact) mass is 288 g/mol. The summed E-state index contributed by atoms with van der Waals surface area (Å²) in [5.41, 5.74) is 2.34. The number of Topliss-reactive ketones (excluding diaryl/α,β-unsaturated/α-hetero) is 1. The molecule has 0 radical (unpaired) electrons. The predicted octanol–water partition coefficient (Wildman–Crippen LogP) is 2.79. The van der Waals surface area contributed by atoms with Crippen molar-refractivity contribution >= 4 is 5.78 Å². The number of benzene rings is 2. The van der Waals surface area contributed by atoms with Gasteiger partial charge >= 0.3 is 0 Å². The van der Waals surface area contributed by atoms with Crippen LogP contribution in [0.1, 0.15) is 21.5 Å². The Balaban J connectivity index is 2.06. The first-order valence-electron chi connectivity index (χ1n) is 6.69. The molecule has 21 heavy (non-hydrogen) atoms. The van der Waals surface area contributed by atoms with Gasteiger partial charge in [-0.05, 0) is 42.2 Å². The second-order valence-electron chi connectivity index (χ2n) is 4.73. The lowest BCUT2D eigenvalue weighted by atomic mass is 10.0. The number of aliphatic hydroxyl groups is 1. The van der Waals surface area contributed by atoms with Crippen molar-refractivity contribution in [3.8, 4) is 5.75 Å². The van der Waals surface area contributed by atoms with Crippen LogP contribution >= 0.6 is 0 Å². The highest BCUT2D eigenvalue weighted by atomic mass is 19.1. The normalized spacial score (nSPS) is 10.4. The number of methoxy groups -OCH3 is 1. The molecular formula is C17H17FO3. The van der Waals surface area contributed by atoms with E-state index in [1.54, 1.807) is 25.3 Å². The van der Waals surface area contributed by atoms with Crippen LogP contribution in [-0.2, 0) is 12.8 Å². The summed E-state index contributed by atoms with van der Waals surface area (Å²) in [5.74, 6) is 0.0894. The lowest BCUT2D eigenvalue weighted by molar-refractivity contribution is 0.0903. The van der Waals surface area contributed by atoms with E-state index in [1.807, 2.05) is 12.1 Å². The molecule has 0 saturated carbocycles. The molecule has 0 aliphatic rings. The maximum Gasteiger partial charge on any atom is 0.188 e. The van der Waals surface area contributed by atoms with Crippen LogP contribution in [0.4, 0.5) is 4.39 Å². The first-order chi connectivity index (χ1) is 10.1. The van der Waals surface area contributed by atoms with Gasteiger partial charge in [-0.2, -0.15) is 0 Å². The Labute approximate surface area is 123 Å². The topological polar surface area (TPSA) is 46.5 Å². The first-order valence-corrected chi connectivity index (χ1v) is 6.69. The van der Waals surface area contributed by atoms with Gasteiger partial charge < -0.3 is 9.84 Å². The summed E-state index contributed by atoms with van der Waals surface area (Å²) in [6.07, 6.45) is 1.36. The Morgan fingerprint density at radius 3 is 2.48 bits per heavy atom. The van der Waals surface area contributed by atoms with Gasteiger partial charge in [-0.3, -0.25) is 4.79 Å². The van der Waals surface area contributed by atoms with Crippen LogP contribution in [0.5, 0.6) is 5.75 Å². The molecule has 0 spiro atoms. The van der Waals surface area contributed by atoms with Gasteiger partial charge in [0.15, 0.2) is 5.78 Å². The van der Waals surface area contributed by atoms with Crippen molar-refractivity contribution in [1.29, 1.82) is 0 Å². The number of aryl methyl sites for hydroxylation is 2. The van der Waals surface area contributed by atoms with Gasteiger partial charge in [-0.25, -0.2) is 4.39 Å². The van der Waals surface area contributed by atoms with Crippen LogP contribution in [0, 0.1) is 5.82 Å². The van der Waals surface area contributed by atoms with Crippen molar-refractivity contribution in [3.05, 3.63) is 65.0 Å². The van der Waals surface area contributed by atoms with Crippen molar-refractivity contribution in [2.45, 2.75) is 12.8 Å². The minimum atomic E-state index is -0.486. The van der Waals surface area contributed by atoms with E-state index in [0.29, 0.717) is 24.2 Å². The zero-order valence-corrected chi connectivity index (χ0v) is 11.8. The van der Waals surface area contributed by atoms with E-state index in [2.05, 4.69) is 0 Å². The smallest absolute Gasteiger partial charge is 0.188 e. The van der Waals surface area contributed by atoms with Crippen LogP contribution in [0.15, 0.2) is 42.5 Å². The van der Waals surface area contributed by atoms with Gasteiger partial charge in [0.25, 0.3) is 0 Å². The Morgan fingerprint density at radius 2 is 1.86 bits per heavy atom. The molecule has 0 aromatic heterocycles. The van der Waals surface area contributed by atoms with E-state index in [4.69, 9.17) is 9.84 Å². The third kappa shape index (κ3) is 3.89. The molecule has 0 atom stereocenters. The maximum absolute atomic E-state index is 13.3. The van der Waals surface area contributed by atoms with E-state index >= 15 is 0 Å². The molecule has 110 valence electrons. The fourth-order valence-electron chi connectivity index (χ4n) is 2.17. The molecule has 0 fully saturated rings. The number of hydrogen-bond donors (Lipinski definition) is 1. The molecule has 2 aromatic carbocycles. The molecule has 0 amide bonds. The number of hydrogen-bond acceptors (Lipinski definition) is 3. The minimum Gasteiger partial charge on any atom is -0.496 e. The van der Waals surface area contributed by atoms with Gasteiger partial charge in [-0.15, -0.1) is 0 Å². The highest BCUT2D eigenvalue weighted by Gasteiger charge is 2.06. The summed E-state index contributed by atoms with van der Waals surface area (Å²) in [5, 5.41) is 8.79. The van der Waals surface area contributed by atoms with Gasteiger partial charge in [0.05, 0.1) is 7.11 Å². The van der Waals surface area contributed by atoms with Gasteiger partial charge in [0.1, 0.15) is 18.2 Å². The van der Waals surface area contributed by atoms with Gasteiger partial charge in [0.2, 0.25) is 0 Å². The second-order valence-corrected chi connectivity index (χ2v) is 4.73. The lowest BCUT2D eigenvalue weighted by Gasteiger charge is -2.09. The van der Waals surface area contributed by atoms with Crippen LogP contribution < -0.4 is 4.74 Å². The summed E-state index contributed by atoms with van der Waals surface area (Å²) in [6.45, 7) is -0.486. The molecule has 3 nitrogen and oxygen atoms in total. The highest BCUT2D eigenvalue weighted by molar-refractivity contribution is 5.96. The summed E-state index contributed by atoms with van der Waals surface area (Å²) in [6, 6.07) is 11.5. The van der Waals surface area contributed by atoms with E-state index in [1.165, 1.54) is 12.1 Å². The average Bonchev–Trinajstić information content (AvgIpc) is 2.52. The van der Waals surface area contributed by atoms with Crippen LogP contribution in [0.3, 0.4) is 0 Å². The second kappa shape index (κ2) is 6.99. The Bertz CT molecular complexity index is 620. The molecule has 0 saturated heterocycles. The minimum absolute atomic E-state index is 0.283. The fourth-order valence-corrected chi connectivity index (χ4v) is 2.17. The van der Waals surface area contributed by atoms with Crippen LogP contribution in [-0.4, -0.2) is 24.6 Å². The van der Waals surface area contributed by atoms with E-state index < -0.39 is 6.61 Å². The fraction of sp³-hybridized carbons (Fsp3) is 0.235. The maximum atomic E-state index is 13.3. The molecule has 0 unspecified atom stereocenters. The van der Waals surface area contributed by atoms with Crippen molar-refractivity contribution < 1.29 is 19.0 Å². The molecule has 0 aliphatic carbocycles. The summed E-state index contributed by atoms with van der Waals surface area (Å²) in [7, 11) is 1.56.